The highest BCUT2D eigenvalue weighted by Crippen LogP contribution is 2.30. The summed E-state index contributed by atoms with van der Waals surface area (Å²) < 4.78 is 0. The molecule has 0 aliphatic rings. The topological polar surface area (TPSA) is 144 Å². The van der Waals surface area contributed by atoms with E-state index in [0.29, 0.717) is 0 Å². The molecule has 0 heterocycles. The highest BCUT2D eigenvalue weighted by atomic mass is 16.5. The first-order valence-corrected chi connectivity index (χ1v) is 4.06. The van der Waals surface area contributed by atoms with E-state index in [4.69, 9.17) is 16.0 Å². The van der Waals surface area contributed by atoms with Crippen LogP contribution in [0, 0.1) is 0 Å². The van der Waals surface area contributed by atoms with E-state index in [1.165, 1.54) is 5.48 Å². The number of guanidine groups is 1. The Kier molecular flexibility index (Phi) is 3.51. The van der Waals surface area contributed by atoms with Gasteiger partial charge in [-0.05, 0) is 0 Å². The van der Waals surface area contributed by atoms with Crippen molar-refractivity contribution >= 4 is 12.2 Å². The minimum atomic E-state index is -0.369. The van der Waals surface area contributed by atoms with Crippen LogP contribution in [0.15, 0.2) is 22.3 Å². The van der Waals surface area contributed by atoms with Crippen LogP contribution >= 0.6 is 0 Å². The molecule has 0 aliphatic carbocycles. The van der Waals surface area contributed by atoms with Gasteiger partial charge in [0, 0.05) is 12.1 Å². The Bertz CT molecular complexity index is 421. The summed E-state index contributed by atoms with van der Waals surface area (Å²) in [6.07, 6.45) is 1.01. The first kappa shape index (κ1) is 11.6. The lowest BCUT2D eigenvalue weighted by atomic mass is 10.2. The molecular formula is C8H10N4O4. The normalized spacial score (nSPS) is 11.9. The number of nitrogens with one attached hydrogen (secondary N) is 1. The van der Waals surface area contributed by atoms with Crippen molar-refractivity contribution in [3.63, 3.8) is 0 Å². The molecular weight excluding hydrogens is 216 g/mol. The molecule has 0 saturated carbocycles. The van der Waals surface area contributed by atoms with Gasteiger partial charge in [-0.1, -0.05) is 0 Å². The van der Waals surface area contributed by atoms with Gasteiger partial charge in [0.2, 0.25) is 5.96 Å². The Hall–Kier alpha value is -2.48. The number of phenolic OH excluding ortho intramolecular Hbond substituents is 3. The Labute approximate surface area is 89.9 Å². The third kappa shape index (κ3) is 2.75. The largest absolute Gasteiger partial charge is 0.508 e. The van der Waals surface area contributed by atoms with E-state index < -0.39 is 0 Å². The highest BCUT2D eigenvalue weighted by molar-refractivity contribution is 5.88. The molecule has 0 saturated heterocycles. The van der Waals surface area contributed by atoms with Crippen LogP contribution in [0.5, 0.6) is 17.2 Å². The van der Waals surface area contributed by atoms with Gasteiger partial charge in [0.15, 0.2) is 0 Å². The predicted molar refractivity (Wildman–Crippen MR) is 55.6 cm³/mol. The lowest BCUT2D eigenvalue weighted by Crippen LogP contribution is -2.27. The van der Waals surface area contributed by atoms with Crippen molar-refractivity contribution in [1.29, 1.82) is 0 Å². The monoisotopic (exact) mass is 226 g/mol. The summed E-state index contributed by atoms with van der Waals surface area (Å²) in [7, 11) is 0. The van der Waals surface area contributed by atoms with Gasteiger partial charge >= 0.3 is 0 Å². The molecule has 0 amide bonds. The van der Waals surface area contributed by atoms with Crippen molar-refractivity contribution in [2.75, 3.05) is 0 Å². The van der Waals surface area contributed by atoms with Crippen LogP contribution < -0.4 is 11.2 Å². The van der Waals surface area contributed by atoms with E-state index in [0.717, 1.165) is 18.3 Å². The summed E-state index contributed by atoms with van der Waals surface area (Å²) in [6, 6.07) is 2.05. The minimum absolute atomic E-state index is 0.0349. The van der Waals surface area contributed by atoms with Crippen LogP contribution in [0.2, 0.25) is 0 Å². The van der Waals surface area contributed by atoms with Crippen molar-refractivity contribution in [2.45, 2.75) is 0 Å². The van der Waals surface area contributed by atoms with Crippen LogP contribution in [0.4, 0.5) is 0 Å². The zero-order valence-corrected chi connectivity index (χ0v) is 7.99. The summed E-state index contributed by atoms with van der Waals surface area (Å²) in [5.74, 6) is -1.37. The van der Waals surface area contributed by atoms with Crippen LogP contribution in [0.3, 0.4) is 0 Å². The van der Waals surface area contributed by atoms with Crippen LogP contribution in [-0.4, -0.2) is 32.7 Å². The number of phenols is 3. The van der Waals surface area contributed by atoms with Gasteiger partial charge in [-0.3, -0.25) is 5.21 Å². The lowest BCUT2D eigenvalue weighted by molar-refractivity contribution is 0.232. The molecule has 16 heavy (non-hydrogen) atoms. The first-order valence-electron chi connectivity index (χ1n) is 4.06. The van der Waals surface area contributed by atoms with Crippen molar-refractivity contribution in [1.82, 2.24) is 5.48 Å². The van der Waals surface area contributed by atoms with Gasteiger partial charge < -0.3 is 21.1 Å². The number of hydroxylamine groups is 1. The Balaban J connectivity index is 2.98. The Morgan fingerprint density at radius 3 is 2.31 bits per heavy atom. The molecule has 86 valence electrons. The SMILES string of the molecule is N/C(=N\N=Cc1c(O)cc(O)cc1O)NO. The summed E-state index contributed by atoms with van der Waals surface area (Å²) in [5.41, 5.74) is 6.55. The average Bonchev–Trinajstić information content (AvgIpc) is 2.21. The van der Waals surface area contributed by atoms with Gasteiger partial charge in [0.25, 0.3) is 0 Å². The first-order chi connectivity index (χ1) is 7.54. The highest BCUT2D eigenvalue weighted by Gasteiger charge is 2.06. The maximum atomic E-state index is 9.34. The fourth-order valence-electron chi connectivity index (χ4n) is 0.912. The standard InChI is InChI=1S/C8H10N4O4/c9-8(12-16)11-10-3-5-6(14)1-4(13)2-7(5)15/h1-3,13-16H,(H3,9,11,12). The number of hydrogen-bond donors (Lipinski definition) is 6. The molecule has 0 spiro atoms. The van der Waals surface area contributed by atoms with Crippen molar-refractivity contribution in [2.24, 2.45) is 15.9 Å². The van der Waals surface area contributed by atoms with E-state index in [2.05, 4.69) is 10.2 Å². The number of nitrogens with two attached hydrogens (primary N) is 1. The second-order valence-electron chi connectivity index (χ2n) is 2.74. The van der Waals surface area contributed by atoms with Gasteiger partial charge in [0.1, 0.15) is 17.2 Å². The average molecular weight is 226 g/mol. The number of rotatable bonds is 2. The molecule has 7 N–H and O–H groups in total. The van der Waals surface area contributed by atoms with Crippen molar-refractivity contribution < 1.29 is 20.5 Å². The molecule has 0 atom stereocenters. The van der Waals surface area contributed by atoms with E-state index in [1.807, 2.05) is 0 Å². The number of benzene rings is 1. The maximum absolute atomic E-state index is 9.34. The molecule has 0 radical (unpaired) electrons. The minimum Gasteiger partial charge on any atom is -0.508 e. The Morgan fingerprint density at radius 2 is 1.81 bits per heavy atom. The molecule has 0 bridgehead atoms. The summed E-state index contributed by atoms with van der Waals surface area (Å²) in [5, 5.41) is 42.6. The fraction of sp³-hybridized carbons (Fsp3) is 0. The molecule has 0 fully saturated rings. The van der Waals surface area contributed by atoms with Gasteiger partial charge in [-0.2, -0.15) is 5.10 Å². The van der Waals surface area contributed by atoms with Crippen LogP contribution in [0.1, 0.15) is 5.56 Å². The van der Waals surface area contributed by atoms with E-state index in [-0.39, 0.29) is 28.8 Å². The summed E-state index contributed by atoms with van der Waals surface area (Å²) >= 11 is 0. The molecule has 1 aromatic carbocycles. The van der Waals surface area contributed by atoms with E-state index in [9.17, 15) is 10.2 Å². The van der Waals surface area contributed by atoms with Gasteiger partial charge in [0.05, 0.1) is 11.8 Å². The number of hydrogen-bond acceptors (Lipinski definition) is 6. The second-order valence-corrected chi connectivity index (χ2v) is 2.74. The molecule has 8 nitrogen and oxygen atoms in total. The lowest BCUT2D eigenvalue weighted by Gasteiger charge is -2.02. The van der Waals surface area contributed by atoms with Gasteiger partial charge in [-0.25, -0.2) is 5.48 Å². The second kappa shape index (κ2) is 4.84. The summed E-state index contributed by atoms with van der Waals surface area (Å²) in [4.78, 5) is 0. The summed E-state index contributed by atoms with van der Waals surface area (Å²) in [6.45, 7) is 0. The Morgan fingerprint density at radius 1 is 1.25 bits per heavy atom. The smallest absolute Gasteiger partial charge is 0.237 e. The zero-order valence-electron chi connectivity index (χ0n) is 7.99. The molecule has 0 aromatic heterocycles. The van der Waals surface area contributed by atoms with Gasteiger partial charge in [-0.15, -0.1) is 5.10 Å². The molecule has 0 aliphatic heterocycles. The molecule has 0 unspecified atom stereocenters. The predicted octanol–water partition coefficient (Wildman–Crippen LogP) is -0.569. The van der Waals surface area contributed by atoms with Crippen LogP contribution in [-0.2, 0) is 0 Å². The van der Waals surface area contributed by atoms with Crippen molar-refractivity contribution in [3.8, 4) is 17.2 Å². The number of aromatic hydroxyl groups is 3. The zero-order chi connectivity index (χ0) is 12.1. The third-order valence-electron chi connectivity index (χ3n) is 1.59. The van der Waals surface area contributed by atoms with E-state index in [1.54, 1.807) is 0 Å². The number of nitrogens with zero attached hydrogens (tertiary/aromatic N) is 2. The fourth-order valence-corrected chi connectivity index (χ4v) is 0.912. The molecule has 1 aromatic rings. The van der Waals surface area contributed by atoms with E-state index >= 15 is 0 Å². The van der Waals surface area contributed by atoms with Crippen LogP contribution in [0.25, 0.3) is 0 Å². The maximum Gasteiger partial charge on any atom is 0.237 e. The third-order valence-corrected chi connectivity index (χ3v) is 1.59. The quantitative estimate of drug-likeness (QED) is 0.226. The van der Waals surface area contributed by atoms with Crippen molar-refractivity contribution in [3.05, 3.63) is 17.7 Å². The molecule has 1 rings (SSSR count). The molecule has 8 heteroatoms.